The SMILES string of the molecule is CC1C(C(=O)O)CCN1S(C)(=N)=O. The van der Waals surface area contributed by atoms with Crippen molar-refractivity contribution in [1.82, 2.24) is 4.31 Å². The van der Waals surface area contributed by atoms with E-state index in [0.717, 1.165) is 0 Å². The van der Waals surface area contributed by atoms with Gasteiger partial charge in [0.15, 0.2) is 0 Å². The number of aliphatic carboxylic acids is 1. The summed E-state index contributed by atoms with van der Waals surface area (Å²) in [6, 6.07) is -0.299. The number of nitrogens with one attached hydrogen (secondary N) is 1. The van der Waals surface area contributed by atoms with Gasteiger partial charge in [0, 0.05) is 18.8 Å². The lowest BCUT2D eigenvalue weighted by atomic mass is 10.0. The van der Waals surface area contributed by atoms with E-state index in [9.17, 15) is 9.00 Å². The van der Waals surface area contributed by atoms with Gasteiger partial charge in [-0.3, -0.25) is 4.79 Å². The Hall–Kier alpha value is -0.620. The molecule has 0 aromatic rings. The van der Waals surface area contributed by atoms with Gasteiger partial charge in [-0.2, -0.15) is 0 Å². The lowest BCUT2D eigenvalue weighted by Gasteiger charge is -2.22. The zero-order valence-electron chi connectivity index (χ0n) is 7.69. The van der Waals surface area contributed by atoms with Crippen molar-refractivity contribution in [1.29, 1.82) is 4.78 Å². The van der Waals surface area contributed by atoms with Crippen LogP contribution in [0.5, 0.6) is 0 Å². The van der Waals surface area contributed by atoms with Gasteiger partial charge < -0.3 is 5.11 Å². The molecule has 6 heteroatoms. The highest BCUT2D eigenvalue weighted by molar-refractivity contribution is 7.89. The molecule has 3 atom stereocenters. The Morgan fingerprint density at radius 2 is 2.23 bits per heavy atom. The van der Waals surface area contributed by atoms with Crippen LogP contribution in [0.2, 0.25) is 0 Å². The largest absolute Gasteiger partial charge is 0.481 e. The molecular formula is C7H14N2O3S. The number of nitrogens with zero attached hydrogens (tertiary/aromatic N) is 1. The van der Waals surface area contributed by atoms with Crippen LogP contribution in [0.3, 0.4) is 0 Å². The summed E-state index contributed by atoms with van der Waals surface area (Å²) in [4.78, 5) is 10.7. The summed E-state index contributed by atoms with van der Waals surface area (Å²) in [5.74, 6) is -1.34. The molecule has 1 aliphatic rings. The van der Waals surface area contributed by atoms with Crippen LogP contribution in [0.25, 0.3) is 0 Å². The third kappa shape index (κ3) is 2.00. The molecule has 5 nitrogen and oxygen atoms in total. The molecule has 0 bridgehead atoms. The van der Waals surface area contributed by atoms with Crippen molar-refractivity contribution in [3.8, 4) is 0 Å². The summed E-state index contributed by atoms with van der Waals surface area (Å²) in [6.45, 7) is 2.15. The molecule has 1 rings (SSSR count). The van der Waals surface area contributed by atoms with Crippen LogP contribution in [0.15, 0.2) is 0 Å². The summed E-state index contributed by atoms with van der Waals surface area (Å²) in [5, 5.41) is 8.79. The van der Waals surface area contributed by atoms with E-state index in [-0.39, 0.29) is 6.04 Å². The van der Waals surface area contributed by atoms with E-state index in [1.165, 1.54) is 10.6 Å². The second-order valence-electron chi connectivity index (χ2n) is 3.42. The van der Waals surface area contributed by atoms with Crippen molar-refractivity contribution in [2.24, 2.45) is 5.92 Å². The zero-order chi connectivity index (χ0) is 10.2. The normalized spacial score (nSPS) is 34.3. The highest BCUT2D eigenvalue weighted by Crippen LogP contribution is 2.26. The Bertz CT molecular complexity index is 312. The van der Waals surface area contributed by atoms with Crippen molar-refractivity contribution in [3.05, 3.63) is 0 Å². The summed E-state index contributed by atoms with van der Waals surface area (Å²) >= 11 is 0. The smallest absolute Gasteiger partial charge is 0.308 e. The van der Waals surface area contributed by atoms with Crippen molar-refractivity contribution in [2.75, 3.05) is 12.8 Å². The Kier molecular flexibility index (Phi) is 2.63. The molecule has 76 valence electrons. The first-order valence-electron chi connectivity index (χ1n) is 4.07. The van der Waals surface area contributed by atoms with Gasteiger partial charge in [-0.1, -0.05) is 0 Å². The third-order valence-electron chi connectivity index (χ3n) is 2.46. The van der Waals surface area contributed by atoms with Crippen molar-refractivity contribution in [3.63, 3.8) is 0 Å². The van der Waals surface area contributed by atoms with Gasteiger partial charge in [-0.15, -0.1) is 0 Å². The molecule has 3 unspecified atom stereocenters. The molecule has 1 aliphatic heterocycles. The fourth-order valence-electron chi connectivity index (χ4n) is 1.73. The second kappa shape index (κ2) is 3.26. The minimum Gasteiger partial charge on any atom is -0.481 e. The van der Waals surface area contributed by atoms with Crippen molar-refractivity contribution >= 4 is 15.9 Å². The number of carboxylic acid groups (broad SMARTS) is 1. The molecule has 13 heavy (non-hydrogen) atoms. The molecule has 0 amide bonds. The van der Waals surface area contributed by atoms with Gasteiger partial charge in [-0.25, -0.2) is 13.3 Å². The molecule has 0 aromatic carbocycles. The van der Waals surface area contributed by atoms with Gasteiger partial charge in [0.1, 0.15) is 9.92 Å². The summed E-state index contributed by atoms with van der Waals surface area (Å²) in [7, 11) is -2.75. The van der Waals surface area contributed by atoms with E-state index in [1.807, 2.05) is 0 Å². The van der Waals surface area contributed by atoms with Crippen LogP contribution in [-0.4, -0.2) is 38.4 Å². The summed E-state index contributed by atoms with van der Waals surface area (Å²) in [5.41, 5.74) is 0. The molecule has 1 fully saturated rings. The van der Waals surface area contributed by atoms with Gasteiger partial charge in [0.25, 0.3) is 0 Å². The van der Waals surface area contributed by atoms with Crippen molar-refractivity contribution in [2.45, 2.75) is 19.4 Å². The molecule has 0 radical (unpaired) electrons. The minimum atomic E-state index is -2.75. The number of rotatable bonds is 2. The fraction of sp³-hybridized carbons (Fsp3) is 0.857. The molecule has 1 heterocycles. The summed E-state index contributed by atoms with van der Waals surface area (Å²) in [6.07, 6.45) is 1.81. The van der Waals surface area contributed by atoms with Crippen LogP contribution in [0.1, 0.15) is 13.3 Å². The Balaban J connectivity index is 2.83. The minimum absolute atomic E-state index is 0.299. The molecule has 0 saturated carbocycles. The van der Waals surface area contributed by atoms with E-state index >= 15 is 0 Å². The molecular weight excluding hydrogens is 192 g/mol. The molecule has 2 N–H and O–H groups in total. The average Bonchev–Trinajstić information content (AvgIpc) is 2.28. The summed E-state index contributed by atoms with van der Waals surface area (Å²) < 4.78 is 20.2. The topological polar surface area (TPSA) is 81.5 Å². The maximum absolute atomic E-state index is 11.4. The maximum Gasteiger partial charge on any atom is 0.308 e. The number of carbonyl (C=O) groups is 1. The first-order chi connectivity index (χ1) is 5.84. The van der Waals surface area contributed by atoms with Gasteiger partial charge >= 0.3 is 5.97 Å². The number of carboxylic acids is 1. The van der Waals surface area contributed by atoms with Gasteiger partial charge in [0.2, 0.25) is 0 Å². The van der Waals surface area contributed by atoms with E-state index in [1.54, 1.807) is 6.92 Å². The zero-order valence-corrected chi connectivity index (χ0v) is 8.50. The number of hydrogen-bond donors (Lipinski definition) is 2. The molecule has 0 aromatic heterocycles. The van der Waals surface area contributed by atoms with Crippen LogP contribution in [0.4, 0.5) is 0 Å². The van der Waals surface area contributed by atoms with E-state index < -0.39 is 21.8 Å². The van der Waals surface area contributed by atoms with Crippen LogP contribution >= 0.6 is 0 Å². The number of hydrogen-bond acceptors (Lipinski definition) is 3. The quantitative estimate of drug-likeness (QED) is 0.685. The van der Waals surface area contributed by atoms with E-state index in [4.69, 9.17) is 9.89 Å². The molecule has 0 aliphatic carbocycles. The Morgan fingerprint density at radius 1 is 1.69 bits per heavy atom. The van der Waals surface area contributed by atoms with Gasteiger partial charge in [-0.05, 0) is 13.3 Å². The van der Waals surface area contributed by atoms with Crippen LogP contribution in [0, 0.1) is 10.7 Å². The molecule has 1 saturated heterocycles. The Labute approximate surface area is 77.8 Å². The van der Waals surface area contributed by atoms with Crippen LogP contribution < -0.4 is 0 Å². The highest BCUT2D eigenvalue weighted by Gasteiger charge is 2.38. The van der Waals surface area contributed by atoms with E-state index in [2.05, 4.69) is 0 Å². The first-order valence-corrected chi connectivity index (χ1v) is 5.99. The Morgan fingerprint density at radius 3 is 2.46 bits per heavy atom. The lowest BCUT2D eigenvalue weighted by molar-refractivity contribution is -0.142. The fourth-order valence-corrected chi connectivity index (χ4v) is 2.97. The predicted molar refractivity (Wildman–Crippen MR) is 48.7 cm³/mol. The standard InChI is InChI=1S/C7H14N2O3S/c1-5-6(7(10)11)3-4-9(5)13(2,8)12/h5-6,8H,3-4H2,1-2H3,(H,10,11). The third-order valence-corrected chi connectivity index (χ3v) is 3.87. The molecule has 0 spiro atoms. The maximum atomic E-state index is 11.4. The van der Waals surface area contributed by atoms with Crippen molar-refractivity contribution < 1.29 is 14.1 Å². The monoisotopic (exact) mass is 206 g/mol. The van der Waals surface area contributed by atoms with Gasteiger partial charge in [0.05, 0.1) is 5.92 Å². The first kappa shape index (κ1) is 10.5. The predicted octanol–water partition coefficient (Wildman–Crippen LogP) is 0.373. The van der Waals surface area contributed by atoms with Crippen LogP contribution in [-0.2, 0) is 14.7 Å². The average molecular weight is 206 g/mol. The van der Waals surface area contributed by atoms with E-state index in [0.29, 0.717) is 13.0 Å². The second-order valence-corrected chi connectivity index (χ2v) is 5.49. The highest BCUT2D eigenvalue weighted by atomic mass is 32.2. The lowest BCUT2D eigenvalue weighted by Crippen LogP contribution is -2.36.